The van der Waals surface area contributed by atoms with Crippen molar-refractivity contribution >= 4 is 11.6 Å². The van der Waals surface area contributed by atoms with Gasteiger partial charge in [-0.15, -0.1) is 0 Å². The highest BCUT2D eigenvalue weighted by Crippen LogP contribution is 2.32. The third kappa shape index (κ3) is 4.43. The number of para-hydroxylation sites is 1. The van der Waals surface area contributed by atoms with Crippen molar-refractivity contribution in [1.82, 2.24) is 9.80 Å². The molecule has 2 N–H and O–H groups in total. The molecule has 0 aromatic heterocycles. The predicted octanol–water partition coefficient (Wildman–Crippen LogP) is 2.15. The van der Waals surface area contributed by atoms with Crippen molar-refractivity contribution in [2.75, 3.05) is 57.3 Å². The summed E-state index contributed by atoms with van der Waals surface area (Å²) in [6, 6.07) is 17.3. The Labute approximate surface area is 171 Å². The van der Waals surface area contributed by atoms with E-state index < -0.39 is 0 Å². The van der Waals surface area contributed by atoms with Crippen LogP contribution in [-0.2, 0) is 4.79 Å². The quantitative estimate of drug-likeness (QED) is 0.842. The first-order chi connectivity index (χ1) is 14.2. The van der Waals surface area contributed by atoms with Crippen molar-refractivity contribution in [3.8, 4) is 0 Å². The molecule has 29 heavy (non-hydrogen) atoms. The predicted molar refractivity (Wildman–Crippen MR) is 113 cm³/mol. The lowest BCUT2D eigenvalue weighted by molar-refractivity contribution is -0.132. The Hall–Kier alpha value is -2.44. The molecule has 0 unspecified atom stereocenters. The van der Waals surface area contributed by atoms with Crippen LogP contribution in [-0.4, -0.2) is 68.1 Å². The minimum absolute atomic E-state index is 0.155. The van der Waals surface area contributed by atoms with Crippen LogP contribution >= 0.6 is 0 Å². The summed E-state index contributed by atoms with van der Waals surface area (Å²) in [6.07, 6.45) is 0. The van der Waals surface area contributed by atoms with Crippen LogP contribution in [0.1, 0.15) is 11.5 Å². The fraction of sp³-hybridized carbons (Fsp3) is 0.435. The number of anilines is 1. The summed E-state index contributed by atoms with van der Waals surface area (Å²) >= 11 is 0. The zero-order chi connectivity index (χ0) is 20.2. The molecule has 2 aliphatic heterocycles. The topological polar surface area (TPSA) is 52.8 Å². The Morgan fingerprint density at radius 2 is 1.66 bits per heavy atom. The number of rotatable bonds is 5. The van der Waals surface area contributed by atoms with Crippen molar-refractivity contribution in [3.63, 3.8) is 0 Å². The lowest BCUT2D eigenvalue weighted by Gasteiger charge is -2.36. The first-order valence-corrected chi connectivity index (χ1v) is 10.4. The minimum atomic E-state index is -0.205. The molecule has 0 saturated carbocycles. The van der Waals surface area contributed by atoms with E-state index in [4.69, 9.17) is 5.73 Å². The summed E-state index contributed by atoms with van der Waals surface area (Å²) in [7, 11) is 0. The van der Waals surface area contributed by atoms with Gasteiger partial charge < -0.3 is 15.5 Å². The molecule has 2 aromatic carbocycles. The van der Waals surface area contributed by atoms with Crippen molar-refractivity contribution in [2.45, 2.75) is 5.92 Å². The van der Waals surface area contributed by atoms with E-state index in [1.165, 1.54) is 11.6 Å². The van der Waals surface area contributed by atoms with Gasteiger partial charge in [-0.1, -0.05) is 42.5 Å². The Morgan fingerprint density at radius 1 is 0.966 bits per heavy atom. The van der Waals surface area contributed by atoms with E-state index in [-0.39, 0.29) is 11.7 Å². The normalized spacial score (nSPS) is 22.8. The van der Waals surface area contributed by atoms with Crippen LogP contribution in [0.3, 0.4) is 0 Å². The lowest BCUT2D eigenvalue weighted by atomic mass is 9.89. The summed E-state index contributed by atoms with van der Waals surface area (Å²) in [6.45, 7) is 5.36. The van der Waals surface area contributed by atoms with E-state index in [1.807, 2.05) is 21.9 Å². The molecule has 2 fully saturated rings. The molecular formula is C23H29FN4O. The molecule has 2 aliphatic rings. The molecule has 1 amide bonds. The first kappa shape index (κ1) is 19.9. The molecule has 0 spiro atoms. The Morgan fingerprint density at radius 3 is 2.34 bits per heavy atom. The van der Waals surface area contributed by atoms with Crippen LogP contribution in [0.5, 0.6) is 0 Å². The van der Waals surface area contributed by atoms with Gasteiger partial charge in [0, 0.05) is 45.2 Å². The number of benzene rings is 2. The zero-order valence-corrected chi connectivity index (χ0v) is 16.7. The number of likely N-dealkylation sites (tertiary alicyclic amines) is 1. The fourth-order valence-corrected chi connectivity index (χ4v) is 4.60. The van der Waals surface area contributed by atoms with Crippen molar-refractivity contribution < 1.29 is 9.18 Å². The number of nitrogens with zero attached hydrogens (tertiary/aromatic N) is 3. The van der Waals surface area contributed by atoms with Crippen LogP contribution < -0.4 is 10.6 Å². The molecule has 154 valence electrons. The molecule has 0 radical (unpaired) electrons. The molecule has 2 atom stereocenters. The Balaban J connectivity index is 1.32. The molecule has 4 rings (SSSR count). The molecule has 2 saturated heterocycles. The summed E-state index contributed by atoms with van der Waals surface area (Å²) in [5.74, 6) is 0.710. The van der Waals surface area contributed by atoms with Gasteiger partial charge in [0.2, 0.25) is 5.91 Å². The second kappa shape index (κ2) is 8.93. The van der Waals surface area contributed by atoms with Crippen LogP contribution in [0, 0.1) is 11.7 Å². The third-order valence-electron chi connectivity index (χ3n) is 6.23. The van der Waals surface area contributed by atoms with Gasteiger partial charge in [-0.05, 0) is 30.2 Å². The molecule has 5 nitrogen and oxygen atoms in total. The van der Waals surface area contributed by atoms with Gasteiger partial charge in [-0.3, -0.25) is 9.69 Å². The number of halogens is 1. The van der Waals surface area contributed by atoms with Crippen LogP contribution in [0.2, 0.25) is 0 Å². The smallest absolute Gasteiger partial charge is 0.236 e. The van der Waals surface area contributed by atoms with E-state index in [9.17, 15) is 9.18 Å². The zero-order valence-electron chi connectivity index (χ0n) is 16.7. The highest BCUT2D eigenvalue weighted by molar-refractivity contribution is 5.78. The number of carbonyl (C=O) groups is 1. The lowest BCUT2D eigenvalue weighted by Crippen LogP contribution is -2.51. The summed E-state index contributed by atoms with van der Waals surface area (Å²) in [5.41, 5.74) is 7.95. The maximum Gasteiger partial charge on any atom is 0.236 e. The Kier molecular flexibility index (Phi) is 6.11. The summed E-state index contributed by atoms with van der Waals surface area (Å²) in [4.78, 5) is 19.0. The van der Waals surface area contributed by atoms with Gasteiger partial charge in [0.25, 0.3) is 0 Å². The molecular weight excluding hydrogens is 367 g/mol. The Bertz CT molecular complexity index is 823. The monoisotopic (exact) mass is 396 g/mol. The fourth-order valence-electron chi connectivity index (χ4n) is 4.60. The maximum absolute atomic E-state index is 14.0. The number of carbonyl (C=O) groups excluding carboxylic acids is 1. The summed E-state index contributed by atoms with van der Waals surface area (Å²) < 4.78 is 14.0. The van der Waals surface area contributed by atoms with Gasteiger partial charge in [0.15, 0.2) is 0 Å². The highest BCUT2D eigenvalue weighted by Gasteiger charge is 2.34. The van der Waals surface area contributed by atoms with Crippen LogP contribution in [0.15, 0.2) is 54.6 Å². The second-order valence-corrected chi connectivity index (χ2v) is 8.03. The average molecular weight is 397 g/mol. The highest BCUT2D eigenvalue weighted by atomic mass is 19.1. The van der Waals surface area contributed by atoms with Crippen LogP contribution in [0.25, 0.3) is 0 Å². The van der Waals surface area contributed by atoms with E-state index in [0.29, 0.717) is 56.8 Å². The van der Waals surface area contributed by atoms with Crippen molar-refractivity contribution in [1.29, 1.82) is 0 Å². The van der Waals surface area contributed by atoms with Crippen molar-refractivity contribution in [2.24, 2.45) is 11.7 Å². The SMILES string of the molecule is NC[C@@H]1CN(CC(=O)N2CCN(c3ccccc3F)CC2)C[C@H]1c1ccccc1. The molecule has 2 aromatic rings. The average Bonchev–Trinajstić information content (AvgIpc) is 3.17. The maximum atomic E-state index is 14.0. The van der Waals surface area contributed by atoms with E-state index in [2.05, 4.69) is 29.2 Å². The van der Waals surface area contributed by atoms with E-state index >= 15 is 0 Å². The number of nitrogens with two attached hydrogens (primary N) is 1. The number of hydrogen-bond donors (Lipinski definition) is 1. The van der Waals surface area contributed by atoms with E-state index in [1.54, 1.807) is 12.1 Å². The van der Waals surface area contributed by atoms with Crippen LogP contribution in [0.4, 0.5) is 10.1 Å². The molecule has 6 heteroatoms. The number of amides is 1. The first-order valence-electron chi connectivity index (χ1n) is 10.4. The van der Waals surface area contributed by atoms with Gasteiger partial charge in [-0.25, -0.2) is 4.39 Å². The number of hydrogen-bond acceptors (Lipinski definition) is 4. The van der Waals surface area contributed by atoms with Gasteiger partial charge >= 0.3 is 0 Å². The van der Waals surface area contributed by atoms with Gasteiger partial charge in [0.1, 0.15) is 5.82 Å². The minimum Gasteiger partial charge on any atom is -0.366 e. The number of piperazine rings is 1. The summed E-state index contributed by atoms with van der Waals surface area (Å²) in [5, 5.41) is 0. The second-order valence-electron chi connectivity index (χ2n) is 8.03. The standard InChI is InChI=1S/C23H29FN4O/c24-21-8-4-5-9-22(21)27-10-12-28(13-11-27)23(29)17-26-15-19(14-25)20(16-26)18-6-2-1-3-7-18/h1-9,19-20H,10-17,25H2/t19-,20+/m1/s1. The molecule has 2 heterocycles. The molecule has 0 bridgehead atoms. The van der Waals surface area contributed by atoms with E-state index in [0.717, 1.165) is 13.1 Å². The van der Waals surface area contributed by atoms with Crippen molar-refractivity contribution in [3.05, 3.63) is 66.0 Å². The third-order valence-corrected chi connectivity index (χ3v) is 6.23. The van der Waals surface area contributed by atoms with Gasteiger partial charge in [0.05, 0.1) is 12.2 Å². The molecule has 0 aliphatic carbocycles. The largest absolute Gasteiger partial charge is 0.366 e. The van der Waals surface area contributed by atoms with Gasteiger partial charge in [-0.2, -0.15) is 0 Å².